The first-order valence-electron chi connectivity index (χ1n) is 9.50. The van der Waals surface area contributed by atoms with Gasteiger partial charge in [-0.3, -0.25) is 4.79 Å². The average Bonchev–Trinajstić information content (AvgIpc) is 2.67. The molecule has 3 N–H and O–H groups in total. The molecule has 0 spiro atoms. The Morgan fingerprint density at radius 1 is 1.20 bits per heavy atom. The second kappa shape index (κ2) is 8.75. The van der Waals surface area contributed by atoms with Crippen molar-refractivity contribution in [2.24, 2.45) is 5.73 Å². The van der Waals surface area contributed by atoms with Crippen LogP contribution in [0.25, 0.3) is 0 Å². The zero-order chi connectivity index (χ0) is 22.1. The number of benzene rings is 1. The number of hydrogen-bond acceptors (Lipinski definition) is 8. The maximum atomic E-state index is 12.3. The van der Waals surface area contributed by atoms with E-state index >= 15 is 0 Å². The quantitative estimate of drug-likeness (QED) is 0.679. The normalized spacial score (nSPS) is 15.3. The zero-order valence-corrected chi connectivity index (χ0v) is 18.7. The van der Waals surface area contributed by atoms with Crippen LogP contribution >= 0.6 is 11.6 Å². The molecule has 0 bridgehead atoms. The average molecular weight is 453 g/mol. The van der Waals surface area contributed by atoms with Crippen molar-refractivity contribution in [1.82, 2.24) is 14.9 Å². The van der Waals surface area contributed by atoms with Gasteiger partial charge in [-0.05, 0) is 31.7 Å². The highest BCUT2D eigenvalue weighted by Crippen LogP contribution is 2.29. The van der Waals surface area contributed by atoms with E-state index in [0.29, 0.717) is 17.8 Å². The number of likely N-dealkylation sites (N-methyl/N-ethyl adjacent to an activating group) is 1. The van der Waals surface area contributed by atoms with E-state index in [1.165, 1.54) is 6.07 Å². The highest BCUT2D eigenvalue weighted by Gasteiger charge is 2.20. The van der Waals surface area contributed by atoms with Crippen molar-refractivity contribution in [3.8, 4) is 0 Å². The van der Waals surface area contributed by atoms with Crippen molar-refractivity contribution >= 4 is 44.5 Å². The second-order valence-corrected chi connectivity index (χ2v) is 9.65. The van der Waals surface area contributed by atoms with Crippen LogP contribution in [0.3, 0.4) is 0 Å². The molecule has 2 aromatic rings. The van der Waals surface area contributed by atoms with Gasteiger partial charge in [0.15, 0.2) is 26.5 Å². The number of hydrogen-bond donors (Lipinski definition) is 2. The number of nitrogens with one attached hydrogen (secondary N) is 1. The van der Waals surface area contributed by atoms with Crippen LogP contribution in [0.1, 0.15) is 23.1 Å². The Hall–Kier alpha value is -2.43. The van der Waals surface area contributed by atoms with Gasteiger partial charge in [0.05, 0.1) is 10.6 Å². The Morgan fingerprint density at radius 3 is 2.43 bits per heavy atom. The summed E-state index contributed by atoms with van der Waals surface area (Å²) < 4.78 is 24.5. The molecule has 1 aromatic carbocycles. The molecular formula is C19H25ClN6O3S. The summed E-state index contributed by atoms with van der Waals surface area (Å²) in [5.41, 5.74) is 7.08. The van der Waals surface area contributed by atoms with Gasteiger partial charge in [-0.15, -0.1) is 0 Å². The van der Waals surface area contributed by atoms with Crippen LogP contribution < -0.4 is 16.0 Å². The molecule has 9 nitrogen and oxygen atoms in total. The zero-order valence-electron chi connectivity index (χ0n) is 17.1. The summed E-state index contributed by atoms with van der Waals surface area (Å²) in [4.78, 5) is 24.8. The number of carbonyl (C=O) groups excluding carboxylic acids is 1. The molecular weight excluding hydrogens is 428 g/mol. The molecule has 162 valence electrons. The first-order valence-corrected chi connectivity index (χ1v) is 11.8. The summed E-state index contributed by atoms with van der Waals surface area (Å²) in [6.07, 6.45) is 1.64. The van der Waals surface area contributed by atoms with E-state index in [0.717, 1.165) is 38.1 Å². The SMILES string of the molecule is CCc1nc(C(N)=O)c(Nc2cc(N3CCN(C)CC3)cc(S(C)(=O)=O)c2)nc1Cl. The van der Waals surface area contributed by atoms with E-state index in [2.05, 4.69) is 25.1 Å². The molecule has 1 aromatic heterocycles. The Kier molecular flexibility index (Phi) is 6.49. The van der Waals surface area contributed by atoms with Crippen LogP contribution in [0.5, 0.6) is 0 Å². The Labute approximate surface area is 181 Å². The monoisotopic (exact) mass is 452 g/mol. The predicted octanol–water partition coefficient (Wildman–Crippen LogP) is 1.69. The predicted molar refractivity (Wildman–Crippen MR) is 117 cm³/mol. The largest absolute Gasteiger partial charge is 0.369 e. The van der Waals surface area contributed by atoms with Crippen LogP contribution in [-0.4, -0.2) is 68.7 Å². The molecule has 3 rings (SSSR count). The van der Waals surface area contributed by atoms with Gasteiger partial charge in [-0.2, -0.15) is 0 Å². The van der Waals surface area contributed by atoms with Crippen molar-refractivity contribution < 1.29 is 13.2 Å². The molecule has 11 heteroatoms. The molecule has 1 aliphatic rings. The number of sulfone groups is 1. The first-order chi connectivity index (χ1) is 14.1. The molecule has 1 aliphatic heterocycles. The molecule has 0 saturated carbocycles. The van der Waals surface area contributed by atoms with E-state index in [-0.39, 0.29) is 21.6 Å². The highest BCUT2D eigenvalue weighted by molar-refractivity contribution is 7.90. The van der Waals surface area contributed by atoms with Crippen LogP contribution in [-0.2, 0) is 16.3 Å². The Morgan fingerprint density at radius 2 is 1.87 bits per heavy atom. The summed E-state index contributed by atoms with van der Waals surface area (Å²) >= 11 is 6.17. The number of halogens is 1. The van der Waals surface area contributed by atoms with E-state index in [1.807, 2.05) is 20.0 Å². The maximum absolute atomic E-state index is 12.3. The molecule has 1 saturated heterocycles. The fourth-order valence-electron chi connectivity index (χ4n) is 3.19. The molecule has 1 amide bonds. The topological polar surface area (TPSA) is 122 Å². The van der Waals surface area contributed by atoms with Crippen LogP contribution in [0.15, 0.2) is 23.1 Å². The summed E-state index contributed by atoms with van der Waals surface area (Å²) in [5, 5.41) is 3.14. The number of rotatable bonds is 6. The molecule has 0 aliphatic carbocycles. The Balaban J connectivity index is 2.05. The lowest BCUT2D eigenvalue weighted by molar-refractivity contribution is 0.0996. The van der Waals surface area contributed by atoms with Gasteiger partial charge in [0.25, 0.3) is 5.91 Å². The maximum Gasteiger partial charge on any atom is 0.271 e. The van der Waals surface area contributed by atoms with Crippen molar-refractivity contribution in [2.75, 3.05) is 49.7 Å². The molecule has 2 heterocycles. The third-order valence-electron chi connectivity index (χ3n) is 4.94. The van der Waals surface area contributed by atoms with Gasteiger partial charge in [0.2, 0.25) is 0 Å². The molecule has 0 radical (unpaired) electrons. The van der Waals surface area contributed by atoms with Gasteiger partial charge >= 0.3 is 0 Å². The van der Waals surface area contributed by atoms with Gasteiger partial charge in [0, 0.05) is 43.8 Å². The number of carbonyl (C=O) groups is 1. The molecule has 0 atom stereocenters. The molecule has 1 fully saturated rings. The highest BCUT2D eigenvalue weighted by atomic mass is 35.5. The number of aromatic nitrogens is 2. The summed E-state index contributed by atoms with van der Waals surface area (Å²) in [7, 11) is -1.42. The summed E-state index contributed by atoms with van der Waals surface area (Å²) in [5.74, 6) is -0.672. The van der Waals surface area contributed by atoms with Crippen molar-refractivity contribution in [2.45, 2.75) is 18.2 Å². The van der Waals surface area contributed by atoms with Crippen LogP contribution in [0.2, 0.25) is 5.15 Å². The first kappa shape index (κ1) is 22.3. The number of aryl methyl sites for hydroxylation is 1. The summed E-state index contributed by atoms with van der Waals surface area (Å²) in [6.45, 7) is 5.12. The van der Waals surface area contributed by atoms with E-state index in [9.17, 15) is 13.2 Å². The lowest BCUT2D eigenvalue weighted by Gasteiger charge is -2.34. The summed E-state index contributed by atoms with van der Waals surface area (Å²) in [6, 6.07) is 4.96. The van der Waals surface area contributed by atoms with Crippen LogP contribution in [0, 0.1) is 0 Å². The minimum Gasteiger partial charge on any atom is -0.369 e. The number of primary amides is 1. The van der Waals surface area contributed by atoms with E-state index < -0.39 is 15.7 Å². The standard InChI is InChI=1S/C19H25ClN6O3S/c1-4-15-17(20)24-19(16(23-15)18(21)27)22-12-9-13(11-14(10-12)30(3,28)29)26-7-5-25(2)6-8-26/h9-11H,4-8H2,1-3H3,(H2,21,27)(H,22,24). The lowest BCUT2D eigenvalue weighted by atomic mass is 10.2. The second-order valence-electron chi connectivity index (χ2n) is 7.28. The van der Waals surface area contributed by atoms with E-state index in [1.54, 1.807) is 6.07 Å². The number of nitrogens with two attached hydrogens (primary N) is 1. The van der Waals surface area contributed by atoms with Crippen molar-refractivity contribution in [1.29, 1.82) is 0 Å². The number of piperazine rings is 1. The number of nitrogens with zero attached hydrogens (tertiary/aromatic N) is 4. The molecule has 30 heavy (non-hydrogen) atoms. The van der Waals surface area contributed by atoms with Gasteiger partial charge in [0.1, 0.15) is 0 Å². The van der Waals surface area contributed by atoms with Crippen molar-refractivity contribution in [3.05, 3.63) is 34.7 Å². The minimum atomic E-state index is -3.47. The molecule has 0 unspecified atom stereocenters. The lowest BCUT2D eigenvalue weighted by Crippen LogP contribution is -2.44. The van der Waals surface area contributed by atoms with Crippen LogP contribution in [0.4, 0.5) is 17.2 Å². The number of anilines is 3. The number of amides is 1. The van der Waals surface area contributed by atoms with Crippen molar-refractivity contribution in [3.63, 3.8) is 0 Å². The fourth-order valence-corrected chi connectivity index (χ4v) is 4.12. The van der Waals surface area contributed by atoms with Gasteiger partial charge in [-0.1, -0.05) is 18.5 Å². The smallest absolute Gasteiger partial charge is 0.271 e. The minimum absolute atomic E-state index is 0.0536. The fraction of sp³-hybridized carbons (Fsp3) is 0.421. The van der Waals surface area contributed by atoms with E-state index in [4.69, 9.17) is 17.3 Å². The third kappa shape index (κ3) is 5.00. The van der Waals surface area contributed by atoms with Gasteiger partial charge < -0.3 is 20.9 Å². The third-order valence-corrected chi connectivity index (χ3v) is 6.33. The van der Waals surface area contributed by atoms with Gasteiger partial charge in [-0.25, -0.2) is 18.4 Å². The Bertz CT molecular complexity index is 1070.